The first-order chi connectivity index (χ1) is 7.58. The van der Waals surface area contributed by atoms with Crippen molar-refractivity contribution in [2.24, 2.45) is 5.41 Å². The third-order valence-electron chi connectivity index (χ3n) is 4.14. The van der Waals surface area contributed by atoms with E-state index in [2.05, 4.69) is 31.4 Å². The van der Waals surface area contributed by atoms with E-state index < -0.39 is 0 Å². The molecule has 2 rings (SSSR count). The van der Waals surface area contributed by atoms with Gasteiger partial charge in [-0.25, -0.2) is 0 Å². The molecule has 1 aliphatic heterocycles. The average molecular weight is 226 g/mol. The molecule has 0 aromatic carbocycles. The highest BCUT2D eigenvalue weighted by molar-refractivity contribution is 4.95. The van der Waals surface area contributed by atoms with E-state index in [-0.39, 0.29) is 0 Å². The number of ether oxygens (including phenoxy) is 1. The Morgan fingerprint density at radius 3 is 2.81 bits per heavy atom. The van der Waals surface area contributed by atoms with Crippen molar-refractivity contribution in [2.75, 3.05) is 19.8 Å². The zero-order valence-electron chi connectivity index (χ0n) is 10.9. The van der Waals surface area contributed by atoms with E-state index in [1.807, 2.05) is 0 Å². The molecule has 3 heteroatoms. The van der Waals surface area contributed by atoms with Gasteiger partial charge in [0.1, 0.15) is 0 Å². The van der Waals surface area contributed by atoms with E-state index >= 15 is 0 Å². The van der Waals surface area contributed by atoms with Gasteiger partial charge in [-0.15, -0.1) is 0 Å². The van der Waals surface area contributed by atoms with E-state index in [1.165, 1.54) is 19.3 Å². The highest BCUT2D eigenvalue weighted by Crippen LogP contribution is 2.40. The van der Waals surface area contributed by atoms with Crippen molar-refractivity contribution in [3.05, 3.63) is 0 Å². The first-order valence-corrected chi connectivity index (χ1v) is 6.65. The quantitative estimate of drug-likeness (QED) is 0.763. The van der Waals surface area contributed by atoms with Gasteiger partial charge in [-0.2, -0.15) is 0 Å². The normalized spacial score (nSPS) is 35.4. The minimum absolute atomic E-state index is 0.505. The number of hydrogen-bond donors (Lipinski definition) is 2. The zero-order chi connectivity index (χ0) is 11.6. The molecule has 2 aliphatic rings. The van der Waals surface area contributed by atoms with Crippen LogP contribution in [0.25, 0.3) is 0 Å². The van der Waals surface area contributed by atoms with E-state index in [0.717, 1.165) is 19.8 Å². The van der Waals surface area contributed by atoms with Gasteiger partial charge >= 0.3 is 0 Å². The van der Waals surface area contributed by atoms with E-state index in [1.54, 1.807) is 0 Å². The van der Waals surface area contributed by atoms with Gasteiger partial charge in [0.25, 0.3) is 0 Å². The Labute approximate surface area is 99.3 Å². The summed E-state index contributed by atoms with van der Waals surface area (Å²) < 4.78 is 5.48. The molecule has 0 amide bonds. The van der Waals surface area contributed by atoms with Gasteiger partial charge < -0.3 is 15.4 Å². The van der Waals surface area contributed by atoms with Crippen LogP contribution in [0.1, 0.15) is 40.0 Å². The number of nitrogens with one attached hydrogen (secondary N) is 2. The van der Waals surface area contributed by atoms with Crippen LogP contribution in [-0.2, 0) is 4.74 Å². The zero-order valence-corrected chi connectivity index (χ0v) is 10.9. The maximum absolute atomic E-state index is 5.48. The van der Waals surface area contributed by atoms with Crippen LogP contribution in [0.2, 0.25) is 0 Å². The largest absolute Gasteiger partial charge is 0.379 e. The summed E-state index contributed by atoms with van der Waals surface area (Å²) in [5.74, 6) is 0. The van der Waals surface area contributed by atoms with Gasteiger partial charge in [-0.05, 0) is 31.6 Å². The van der Waals surface area contributed by atoms with Crippen LogP contribution < -0.4 is 10.6 Å². The topological polar surface area (TPSA) is 33.3 Å². The molecule has 0 aromatic heterocycles. The Balaban J connectivity index is 1.69. The molecule has 3 unspecified atom stereocenters. The molecule has 0 aromatic rings. The molecule has 0 radical (unpaired) electrons. The molecular weight excluding hydrogens is 200 g/mol. The summed E-state index contributed by atoms with van der Waals surface area (Å²) in [6, 6.07) is 1.84. The summed E-state index contributed by atoms with van der Waals surface area (Å²) in [5.41, 5.74) is 0.505. The Morgan fingerprint density at radius 1 is 1.50 bits per heavy atom. The van der Waals surface area contributed by atoms with Crippen molar-refractivity contribution in [3.63, 3.8) is 0 Å². The Hall–Kier alpha value is -0.120. The molecule has 2 N–H and O–H groups in total. The molecular formula is C13H26N2O. The third-order valence-corrected chi connectivity index (χ3v) is 4.14. The van der Waals surface area contributed by atoms with Crippen LogP contribution in [0, 0.1) is 5.41 Å². The fourth-order valence-corrected chi connectivity index (χ4v) is 2.78. The predicted molar refractivity (Wildman–Crippen MR) is 66.6 cm³/mol. The first kappa shape index (κ1) is 12.3. The lowest BCUT2D eigenvalue weighted by atomic mass is 9.67. The molecule has 2 fully saturated rings. The first-order valence-electron chi connectivity index (χ1n) is 6.65. The van der Waals surface area contributed by atoms with Crippen molar-refractivity contribution in [2.45, 2.75) is 58.2 Å². The minimum atomic E-state index is 0.505. The van der Waals surface area contributed by atoms with Crippen LogP contribution >= 0.6 is 0 Å². The highest BCUT2D eigenvalue weighted by atomic mass is 16.5. The fourth-order valence-electron chi connectivity index (χ4n) is 2.78. The average Bonchev–Trinajstić information content (AvgIpc) is 2.26. The second kappa shape index (κ2) is 5.03. The van der Waals surface area contributed by atoms with Crippen molar-refractivity contribution in [1.29, 1.82) is 0 Å². The van der Waals surface area contributed by atoms with E-state index in [9.17, 15) is 0 Å². The van der Waals surface area contributed by atoms with Gasteiger partial charge in [0.05, 0.1) is 13.2 Å². The highest BCUT2D eigenvalue weighted by Gasteiger charge is 2.38. The lowest BCUT2D eigenvalue weighted by Crippen LogP contribution is -2.54. The lowest BCUT2D eigenvalue weighted by molar-refractivity contribution is 0.0625. The molecule has 3 atom stereocenters. The number of rotatable bonds is 4. The van der Waals surface area contributed by atoms with Crippen LogP contribution in [0.3, 0.4) is 0 Å². The second-order valence-electron chi connectivity index (χ2n) is 6.11. The molecule has 0 spiro atoms. The maximum Gasteiger partial charge on any atom is 0.0620 e. The van der Waals surface area contributed by atoms with Crippen LogP contribution in [-0.4, -0.2) is 37.9 Å². The summed E-state index contributed by atoms with van der Waals surface area (Å²) in [6.07, 6.45) is 3.88. The number of morpholine rings is 1. The molecule has 0 bridgehead atoms. The summed E-state index contributed by atoms with van der Waals surface area (Å²) in [7, 11) is 0. The van der Waals surface area contributed by atoms with E-state index in [4.69, 9.17) is 4.74 Å². The minimum Gasteiger partial charge on any atom is -0.379 e. The summed E-state index contributed by atoms with van der Waals surface area (Å²) in [6.45, 7) is 9.77. The summed E-state index contributed by atoms with van der Waals surface area (Å²) in [5, 5.41) is 7.27. The van der Waals surface area contributed by atoms with Crippen molar-refractivity contribution < 1.29 is 4.74 Å². The third kappa shape index (κ3) is 2.96. The van der Waals surface area contributed by atoms with Gasteiger partial charge in [-0.1, -0.05) is 13.8 Å². The molecule has 94 valence electrons. The molecule has 1 heterocycles. The van der Waals surface area contributed by atoms with E-state index in [0.29, 0.717) is 23.5 Å². The van der Waals surface area contributed by atoms with Crippen molar-refractivity contribution >= 4 is 0 Å². The SMILES string of the molecule is CC(CC1COCCN1)NC1CCC1(C)C. The smallest absolute Gasteiger partial charge is 0.0620 e. The van der Waals surface area contributed by atoms with Gasteiger partial charge in [-0.3, -0.25) is 0 Å². The second-order valence-corrected chi connectivity index (χ2v) is 6.11. The van der Waals surface area contributed by atoms with Crippen LogP contribution in [0.15, 0.2) is 0 Å². The molecule has 1 saturated carbocycles. The molecule has 1 saturated heterocycles. The van der Waals surface area contributed by atoms with Crippen LogP contribution in [0.4, 0.5) is 0 Å². The Kier molecular flexibility index (Phi) is 3.88. The predicted octanol–water partition coefficient (Wildman–Crippen LogP) is 1.53. The van der Waals surface area contributed by atoms with Crippen molar-refractivity contribution in [3.8, 4) is 0 Å². The monoisotopic (exact) mass is 226 g/mol. The van der Waals surface area contributed by atoms with Gasteiger partial charge in [0, 0.05) is 24.7 Å². The lowest BCUT2D eigenvalue weighted by Gasteiger charge is -2.46. The molecule has 1 aliphatic carbocycles. The molecule has 3 nitrogen and oxygen atoms in total. The van der Waals surface area contributed by atoms with Gasteiger partial charge in [0.15, 0.2) is 0 Å². The summed E-state index contributed by atoms with van der Waals surface area (Å²) in [4.78, 5) is 0. The van der Waals surface area contributed by atoms with Crippen LogP contribution in [0.5, 0.6) is 0 Å². The Morgan fingerprint density at radius 2 is 2.31 bits per heavy atom. The summed E-state index contributed by atoms with van der Waals surface area (Å²) >= 11 is 0. The van der Waals surface area contributed by atoms with Gasteiger partial charge in [0.2, 0.25) is 0 Å². The fraction of sp³-hybridized carbons (Fsp3) is 1.00. The number of hydrogen-bond acceptors (Lipinski definition) is 3. The van der Waals surface area contributed by atoms with Crippen molar-refractivity contribution in [1.82, 2.24) is 10.6 Å². The maximum atomic E-state index is 5.48. The Bertz CT molecular complexity index is 224. The standard InChI is InChI=1S/C13H26N2O/c1-10(8-11-9-16-7-6-14-11)15-12-4-5-13(12,2)3/h10-12,14-15H,4-9H2,1-3H3. The molecule has 16 heavy (non-hydrogen) atoms.